The number of amides is 2. The highest BCUT2D eigenvalue weighted by atomic mass is 16.5. The third kappa shape index (κ3) is 5.65. The van der Waals surface area contributed by atoms with Gasteiger partial charge in [-0.05, 0) is 61.9 Å². The Morgan fingerprint density at radius 1 is 1.10 bits per heavy atom. The minimum atomic E-state index is -0.734. The van der Waals surface area contributed by atoms with Crippen LogP contribution in [-0.2, 0) is 22.4 Å². The van der Waals surface area contributed by atoms with E-state index in [9.17, 15) is 14.4 Å². The van der Waals surface area contributed by atoms with E-state index in [-0.39, 0.29) is 24.2 Å². The number of benzene rings is 2. The Labute approximate surface area is 228 Å². The summed E-state index contributed by atoms with van der Waals surface area (Å²) < 4.78 is 5.80. The van der Waals surface area contributed by atoms with Crippen molar-refractivity contribution in [3.05, 3.63) is 88.1 Å². The number of nitrogens with zero attached hydrogens (tertiary/aromatic N) is 2. The smallest absolute Gasteiger partial charge is 0.306 e. The van der Waals surface area contributed by atoms with Crippen LogP contribution in [0.3, 0.4) is 0 Å². The molecule has 0 saturated carbocycles. The maximum atomic E-state index is 13.3. The second kappa shape index (κ2) is 11.7. The number of carbonyl (C=O) groups excluding carboxylic acids is 3. The van der Waals surface area contributed by atoms with Crippen molar-refractivity contribution in [1.29, 1.82) is 0 Å². The summed E-state index contributed by atoms with van der Waals surface area (Å²) in [6.07, 6.45) is 4.30. The number of aryl methyl sites for hydroxylation is 2. The molecule has 3 aromatic rings. The Bertz CT molecular complexity index is 1400. The van der Waals surface area contributed by atoms with Crippen molar-refractivity contribution in [2.75, 3.05) is 30.4 Å². The molecule has 2 aliphatic heterocycles. The molecule has 8 heteroatoms. The number of nitrogens with one attached hydrogen (secondary N) is 2. The van der Waals surface area contributed by atoms with E-state index < -0.39 is 6.10 Å². The Hall–Kier alpha value is -4.20. The van der Waals surface area contributed by atoms with Gasteiger partial charge in [0.05, 0.1) is 5.69 Å². The van der Waals surface area contributed by atoms with Gasteiger partial charge in [-0.2, -0.15) is 0 Å². The maximum Gasteiger partial charge on any atom is 0.306 e. The maximum absolute atomic E-state index is 13.3. The van der Waals surface area contributed by atoms with Crippen LogP contribution in [0.1, 0.15) is 81.8 Å². The van der Waals surface area contributed by atoms with Crippen LogP contribution < -0.4 is 15.5 Å². The quantitative estimate of drug-likeness (QED) is 0.322. The predicted octanol–water partition coefficient (Wildman–Crippen LogP) is 4.83. The number of unbranched alkanes of at least 4 members (excludes halogenated alkanes) is 1. The number of carbonyl (C=O) groups is 3. The molecule has 3 heterocycles. The van der Waals surface area contributed by atoms with E-state index in [0.717, 1.165) is 50.2 Å². The molecular formula is C31H34N4O4. The summed E-state index contributed by atoms with van der Waals surface area (Å²) in [5, 5.41) is 6.36. The van der Waals surface area contributed by atoms with Crippen LogP contribution in [0.15, 0.2) is 54.6 Å². The van der Waals surface area contributed by atoms with Crippen LogP contribution in [-0.4, -0.2) is 42.9 Å². The molecule has 1 atom stereocenters. The SMILES string of the molecule is CCC(=O)OC1c2ccccc2C(=O)N(C)c2cc(C(=O)NCCCCc3ccc4c(n3)NCCC4)ccc21. The Morgan fingerprint density at radius 2 is 1.95 bits per heavy atom. The van der Waals surface area contributed by atoms with Gasteiger partial charge in [-0.15, -0.1) is 0 Å². The molecule has 1 aromatic heterocycles. The third-order valence-electron chi connectivity index (χ3n) is 7.35. The number of anilines is 2. The molecule has 5 rings (SSSR count). The molecule has 2 N–H and O–H groups in total. The molecule has 0 fully saturated rings. The van der Waals surface area contributed by atoms with E-state index in [1.807, 2.05) is 6.07 Å². The van der Waals surface area contributed by atoms with Crippen molar-refractivity contribution >= 4 is 29.3 Å². The number of fused-ring (bicyclic) bond motifs is 3. The Balaban J connectivity index is 1.25. The minimum absolute atomic E-state index is 0.210. The van der Waals surface area contributed by atoms with E-state index >= 15 is 0 Å². The number of pyridine rings is 1. The fourth-order valence-electron chi connectivity index (χ4n) is 5.16. The number of hydrogen-bond donors (Lipinski definition) is 2. The average Bonchev–Trinajstić information content (AvgIpc) is 3.06. The van der Waals surface area contributed by atoms with Crippen LogP contribution in [0.5, 0.6) is 0 Å². The number of rotatable bonds is 8. The van der Waals surface area contributed by atoms with Gasteiger partial charge in [0.15, 0.2) is 6.10 Å². The largest absolute Gasteiger partial charge is 0.452 e. The van der Waals surface area contributed by atoms with Gasteiger partial charge in [-0.3, -0.25) is 14.4 Å². The molecule has 0 bridgehead atoms. The average molecular weight is 527 g/mol. The Morgan fingerprint density at radius 3 is 2.79 bits per heavy atom. The lowest BCUT2D eigenvalue weighted by atomic mass is 9.96. The van der Waals surface area contributed by atoms with Crippen LogP contribution in [0, 0.1) is 0 Å². The summed E-state index contributed by atoms with van der Waals surface area (Å²) >= 11 is 0. The van der Waals surface area contributed by atoms with Crippen LogP contribution >= 0.6 is 0 Å². The third-order valence-corrected chi connectivity index (χ3v) is 7.35. The van der Waals surface area contributed by atoms with E-state index in [1.165, 1.54) is 10.5 Å². The predicted molar refractivity (Wildman–Crippen MR) is 150 cm³/mol. The first-order valence-corrected chi connectivity index (χ1v) is 13.7. The minimum Gasteiger partial charge on any atom is -0.452 e. The van der Waals surface area contributed by atoms with E-state index in [0.29, 0.717) is 34.5 Å². The second-order valence-corrected chi connectivity index (χ2v) is 10.0. The van der Waals surface area contributed by atoms with E-state index in [4.69, 9.17) is 9.72 Å². The highest BCUT2D eigenvalue weighted by Crippen LogP contribution is 2.39. The monoisotopic (exact) mass is 526 g/mol. The molecule has 0 radical (unpaired) electrons. The molecule has 0 saturated heterocycles. The van der Waals surface area contributed by atoms with Crippen LogP contribution in [0.2, 0.25) is 0 Å². The molecule has 2 aliphatic rings. The number of ether oxygens (including phenoxy) is 1. The van der Waals surface area contributed by atoms with Crippen molar-refractivity contribution in [2.24, 2.45) is 0 Å². The summed E-state index contributed by atoms with van der Waals surface area (Å²) in [6, 6.07) is 16.6. The summed E-state index contributed by atoms with van der Waals surface area (Å²) in [4.78, 5) is 44.8. The van der Waals surface area contributed by atoms with Crippen molar-refractivity contribution in [3.63, 3.8) is 0 Å². The first-order valence-electron chi connectivity index (χ1n) is 13.7. The molecule has 8 nitrogen and oxygen atoms in total. The highest BCUT2D eigenvalue weighted by Gasteiger charge is 2.33. The van der Waals surface area contributed by atoms with E-state index in [2.05, 4.69) is 22.8 Å². The molecule has 2 amide bonds. The number of esters is 1. The van der Waals surface area contributed by atoms with E-state index in [1.54, 1.807) is 50.4 Å². The fourth-order valence-corrected chi connectivity index (χ4v) is 5.16. The number of aromatic nitrogens is 1. The molecule has 1 unspecified atom stereocenters. The standard InChI is InChI=1S/C31H34N4O4/c1-3-27(36)39-28-23-11-4-5-12-24(23)31(38)35(2)26-19-21(14-16-25(26)28)30(37)33-17-7-6-10-22-15-13-20-9-8-18-32-29(20)34-22/h4-5,11-16,19,28H,3,6-10,17-18H2,1-2H3,(H,32,34)(H,33,37). The van der Waals surface area contributed by atoms with Gasteiger partial charge < -0.3 is 20.3 Å². The van der Waals surface area contributed by atoms with Crippen molar-refractivity contribution in [2.45, 2.75) is 51.6 Å². The lowest BCUT2D eigenvalue weighted by Crippen LogP contribution is -2.28. The summed E-state index contributed by atoms with van der Waals surface area (Å²) in [5.41, 5.74) is 5.11. The zero-order valence-corrected chi connectivity index (χ0v) is 22.5. The molecular weight excluding hydrogens is 492 g/mol. The van der Waals surface area contributed by atoms with Crippen molar-refractivity contribution in [3.8, 4) is 0 Å². The van der Waals surface area contributed by atoms with Gasteiger partial charge in [0.25, 0.3) is 11.8 Å². The van der Waals surface area contributed by atoms with Gasteiger partial charge in [0.2, 0.25) is 0 Å². The summed E-state index contributed by atoms with van der Waals surface area (Å²) in [6.45, 7) is 3.24. The van der Waals surface area contributed by atoms with Crippen molar-refractivity contribution in [1.82, 2.24) is 10.3 Å². The normalized spacial score (nSPS) is 15.8. The zero-order valence-electron chi connectivity index (χ0n) is 22.5. The molecule has 0 aliphatic carbocycles. The molecule has 39 heavy (non-hydrogen) atoms. The second-order valence-electron chi connectivity index (χ2n) is 10.0. The lowest BCUT2D eigenvalue weighted by Gasteiger charge is -2.22. The molecule has 202 valence electrons. The van der Waals surface area contributed by atoms with Crippen LogP contribution in [0.25, 0.3) is 0 Å². The Kier molecular flexibility index (Phi) is 7.91. The molecule has 0 spiro atoms. The van der Waals surface area contributed by atoms with Gasteiger partial charge in [0.1, 0.15) is 5.82 Å². The first kappa shape index (κ1) is 26.4. The van der Waals surface area contributed by atoms with Crippen molar-refractivity contribution < 1.29 is 19.1 Å². The van der Waals surface area contributed by atoms with Crippen LogP contribution in [0.4, 0.5) is 11.5 Å². The molecule has 2 aromatic carbocycles. The lowest BCUT2D eigenvalue weighted by molar-refractivity contribution is -0.147. The topological polar surface area (TPSA) is 101 Å². The summed E-state index contributed by atoms with van der Waals surface area (Å²) in [5.74, 6) is 0.221. The van der Waals surface area contributed by atoms with Gasteiger partial charge in [-0.1, -0.05) is 37.3 Å². The first-order chi connectivity index (χ1) is 19.0. The van der Waals surface area contributed by atoms with Gasteiger partial charge in [-0.25, -0.2) is 4.98 Å². The summed E-state index contributed by atoms with van der Waals surface area (Å²) in [7, 11) is 1.67. The highest BCUT2D eigenvalue weighted by molar-refractivity contribution is 6.09. The zero-order chi connectivity index (χ0) is 27.4. The van der Waals surface area contributed by atoms with Gasteiger partial charge in [0, 0.05) is 54.5 Å². The number of hydrogen-bond acceptors (Lipinski definition) is 6. The van der Waals surface area contributed by atoms with Gasteiger partial charge >= 0.3 is 5.97 Å². The fraction of sp³-hybridized carbons (Fsp3) is 0.355.